The summed E-state index contributed by atoms with van der Waals surface area (Å²) < 4.78 is 6.34. The third kappa shape index (κ3) is 2.83. The summed E-state index contributed by atoms with van der Waals surface area (Å²) in [6.45, 7) is 4.18. The van der Waals surface area contributed by atoms with Gasteiger partial charge in [-0.1, -0.05) is 26.2 Å². The van der Waals surface area contributed by atoms with E-state index in [1.807, 2.05) is 0 Å². The van der Waals surface area contributed by atoms with Crippen molar-refractivity contribution < 1.29 is 4.74 Å². The standard InChI is InChI=1S/C15H25NO/c1-3-14(2,12-16)11-13-7-10-15(17-13)8-5-4-6-9-15/h13H,3-11H2,1-2H3. The molecule has 1 saturated heterocycles. The highest BCUT2D eigenvalue weighted by atomic mass is 16.5. The van der Waals surface area contributed by atoms with Crippen LogP contribution in [-0.4, -0.2) is 11.7 Å². The first kappa shape index (κ1) is 12.9. The van der Waals surface area contributed by atoms with E-state index >= 15 is 0 Å². The van der Waals surface area contributed by atoms with Crippen molar-refractivity contribution in [1.82, 2.24) is 0 Å². The maximum absolute atomic E-state index is 9.24. The van der Waals surface area contributed by atoms with Crippen molar-refractivity contribution in [1.29, 1.82) is 5.26 Å². The summed E-state index contributed by atoms with van der Waals surface area (Å²) in [6.07, 6.45) is 11.1. The van der Waals surface area contributed by atoms with Crippen molar-refractivity contribution in [2.24, 2.45) is 5.41 Å². The van der Waals surface area contributed by atoms with Crippen LogP contribution in [0.3, 0.4) is 0 Å². The van der Waals surface area contributed by atoms with Gasteiger partial charge in [0.25, 0.3) is 0 Å². The van der Waals surface area contributed by atoms with Gasteiger partial charge in [-0.15, -0.1) is 0 Å². The monoisotopic (exact) mass is 235 g/mol. The Kier molecular flexibility index (Phi) is 3.78. The normalized spacial score (nSPS) is 31.0. The van der Waals surface area contributed by atoms with Crippen LogP contribution in [0.2, 0.25) is 0 Å². The SMILES string of the molecule is CCC(C)(C#N)CC1CCC2(CCCCC2)O1. The molecule has 2 heteroatoms. The smallest absolute Gasteiger partial charge is 0.0687 e. The Morgan fingerprint density at radius 1 is 1.29 bits per heavy atom. The highest BCUT2D eigenvalue weighted by Gasteiger charge is 2.42. The summed E-state index contributed by atoms with van der Waals surface area (Å²) in [5.74, 6) is 0. The minimum atomic E-state index is -0.190. The van der Waals surface area contributed by atoms with Crippen LogP contribution in [-0.2, 0) is 4.74 Å². The molecule has 1 aliphatic heterocycles. The number of hydrogen-bond acceptors (Lipinski definition) is 2. The Hall–Kier alpha value is -0.550. The van der Waals surface area contributed by atoms with Crippen LogP contribution in [0, 0.1) is 16.7 Å². The van der Waals surface area contributed by atoms with E-state index < -0.39 is 0 Å². The Morgan fingerprint density at radius 3 is 2.59 bits per heavy atom. The molecule has 2 fully saturated rings. The molecule has 2 atom stereocenters. The minimum Gasteiger partial charge on any atom is -0.372 e. The number of nitrogens with zero attached hydrogens (tertiary/aromatic N) is 1. The van der Waals surface area contributed by atoms with Crippen LogP contribution in [0.4, 0.5) is 0 Å². The van der Waals surface area contributed by atoms with Gasteiger partial charge < -0.3 is 4.74 Å². The van der Waals surface area contributed by atoms with Gasteiger partial charge in [-0.3, -0.25) is 0 Å². The second kappa shape index (κ2) is 4.98. The van der Waals surface area contributed by atoms with E-state index in [2.05, 4.69) is 19.9 Å². The van der Waals surface area contributed by atoms with Crippen LogP contribution in [0.1, 0.15) is 71.6 Å². The van der Waals surface area contributed by atoms with E-state index in [4.69, 9.17) is 4.74 Å². The lowest BCUT2D eigenvalue weighted by Crippen LogP contribution is -2.32. The highest BCUT2D eigenvalue weighted by molar-refractivity contribution is 4.99. The lowest BCUT2D eigenvalue weighted by molar-refractivity contribution is -0.0726. The first-order chi connectivity index (χ1) is 8.11. The van der Waals surface area contributed by atoms with Crippen LogP contribution in [0.5, 0.6) is 0 Å². The van der Waals surface area contributed by atoms with Crippen LogP contribution in [0.25, 0.3) is 0 Å². The summed E-state index contributed by atoms with van der Waals surface area (Å²) in [4.78, 5) is 0. The summed E-state index contributed by atoms with van der Waals surface area (Å²) in [5.41, 5.74) is 0.0118. The Balaban J connectivity index is 1.92. The van der Waals surface area contributed by atoms with E-state index in [1.54, 1.807) is 0 Å². The molecule has 2 aliphatic rings. The molecule has 0 aromatic heterocycles. The third-order valence-corrected chi connectivity index (χ3v) is 4.83. The summed E-state index contributed by atoms with van der Waals surface area (Å²) in [5, 5.41) is 9.24. The quantitative estimate of drug-likeness (QED) is 0.734. The predicted octanol–water partition coefficient (Wildman–Crippen LogP) is 4.20. The maximum atomic E-state index is 9.24. The molecule has 0 aromatic rings. The molecule has 0 radical (unpaired) electrons. The topological polar surface area (TPSA) is 33.0 Å². The van der Waals surface area contributed by atoms with Crippen molar-refractivity contribution in [2.45, 2.75) is 83.3 Å². The van der Waals surface area contributed by atoms with Crippen molar-refractivity contribution in [3.05, 3.63) is 0 Å². The zero-order valence-electron chi connectivity index (χ0n) is 11.3. The number of nitriles is 1. The average molecular weight is 235 g/mol. The second-order valence-electron chi connectivity index (χ2n) is 6.25. The van der Waals surface area contributed by atoms with Gasteiger partial charge in [0, 0.05) is 0 Å². The first-order valence-corrected chi connectivity index (χ1v) is 7.20. The molecule has 2 unspecified atom stereocenters. The lowest BCUT2D eigenvalue weighted by atomic mass is 9.81. The third-order valence-electron chi connectivity index (χ3n) is 4.83. The highest BCUT2D eigenvalue weighted by Crippen LogP contribution is 2.44. The van der Waals surface area contributed by atoms with E-state index in [1.165, 1.54) is 38.5 Å². The van der Waals surface area contributed by atoms with Crippen molar-refractivity contribution in [3.63, 3.8) is 0 Å². The summed E-state index contributed by atoms with van der Waals surface area (Å²) >= 11 is 0. The molecule has 1 aliphatic carbocycles. The van der Waals surface area contributed by atoms with Gasteiger partial charge in [-0.2, -0.15) is 5.26 Å². The fourth-order valence-corrected chi connectivity index (χ4v) is 3.37. The molecule has 1 spiro atoms. The molecule has 1 heterocycles. The average Bonchev–Trinajstić information content (AvgIpc) is 2.72. The number of rotatable bonds is 3. The van der Waals surface area contributed by atoms with Crippen LogP contribution in [0.15, 0.2) is 0 Å². The zero-order chi connectivity index (χ0) is 12.4. The molecule has 0 aromatic carbocycles. The second-order valence-corrected chi connectivity index (χ2v) is 6.25. The van der Waals surface area contributed by atoms with Crippen LogP contribution >= 0.6 is 0 Å². The van der Waals surface area contributed by atoms with Crippen molar-refractivity contribution >= 4 is 0 Å². The van der Waals surface area contributed by atoms with Gasteiger partial charge in [-0.05, 0) is 45.4 Å². The first-order valence-electron chi connectivity index (χ1n) is 7.20. The molecule has 1 saturated carbocycles. The Bertz CT molecular complexity index is 301. The fourth-order valence-electron chi connectivity index (χ4n) is 3.37. The number of hydrogen-bond donors (Lipinski definition) is 0. The van der Waals surface area contributed by atoms with Gasteiger partial charge in [0.2, 0.25) is 0 Å². The minimum absolute atomic E-state index is 0.190. The predicted molar refractivity (Wildman–Crippen MR) is 68.6 cm³/mol. The van der Waals surface area contributed by atoms with Gasteiger partial charge in [0.1, 0.15) is 0 Å². The summed E-state index contributed by atoms with van der Waals surface area (Å²) in [6, 6.07) is 2.47. The van der Waals surface area contributed by atoms with E-state index in [0.717, 1.165) is 19.3 Å². The molecular formula is C15H25NO. The van der Waals surface area contributed by atoms with Crippen molar-refractivity contribution in [2.75, 3.05) is 0 Å². The number of ether oxygens (including phenoxy) is 1. The molecule has 2 nitrogen and oxygen atoms in total. The molecule has 96 valence electrons. The lowest BCUT2D eigenvalue weighted by Gasteiger charge is -2.34. The Labute approximate surface area is 105 Å². The van der Waals surface area contributed by atoms with Gasteiger partial charge in [-0.25, -0.2) is 0 Å². The zero-order valence-corrected chi connectivity index (χ0v) is 11.3. The van der Waals surface area contributed by atoms with Gasteiger partial charge in [0.05, 0.1) is 23.2 Å². The molecule has 17 heavy (non-hydrogen) atoms. The van der Waals surface area contributed by atoms with E-state index in [0.29, 0.717) is 6.10 Å². The van der Waals surface area contributed by atoms with Gasteiger partial charge >= 0.3 is 0 Å². The molecular weight excluding hydrogens is 210 g/mol. The molecule has 0 N–H and O–H groups in total. The van der Waals surface area contributed by atoms with E-state index in [-0.39, 0.29) is 11.0 Å². The molecule has 0 amide bonds. The Morgan fingerprint density at radius 2 is 2.00 bits per heavy atom. The van der Waals surface area contributed by atoms with Gasteiger partial charge in [0.15, 0.2) is 0 Å². The molecule has 0 bridgehead atoms. The maximum Gasteiger partial charge on any atom is 0.0687 e. The summed E-state index contributed by atoms with van der Waals surface area (Å²) in [7, 11) is 0. The largest absolute Gasteiger partial charge is 0.372 e. The van der Waals surface area contributed by atoms with Crippen LogP contribution < -0.4 is 0 Å². The van der Waals surface area contributed by atoms with Crippen molar-refractivity contribution in [3.8, 4) is 6.07 Å². The van der Waals surface area contributed by atoms with E-state index in [9.17, 15) is 5.26 Å². The fraction of sp³-hybridized carbons (Fsp3) is 0.933. The molecule has 2 rings (SSSR count).